The average molecular weight is 249 g/mol. The van der Waals surface area contributed by atoms with E-state index in [0.29, 0.717) is 0 Å². The van der Waals surface area contributed by atoms with Gasteiger partial charge in [-0.2, -0.15) is 5.26 Å². The molecule has 0 aliphatic rings. The summed E-state index contributed by atoms with van der Waals surface area (Å²) in [7, 11) is 1.82. The first-order chi connectivity index (χ1) is 7.99. The Kier molecular flexibility index (Phi) is 4.98. The van der Waals surface area contributed by atoms with Crippen molar-refractivity contribution < 1.29 is 0 Å². The van der Waals surface area contributed by atoms with Gasteiger partial charge in [0, 0.05) is 11.4 Å². The molecule has 0 aliphatic heterocycles. The first-order valence-corrected chi connectivity index (χ1v) is 6.66. The Balaban J connectivity index is 2.54. The number of nitrogens with one attached hydrogen (secondary N) is 1. The van der Waals surface area contributed by atoms with Crippen LogP contribution in [0.4, 0.5) is 0 Å². The normalized spacial score (nSPS) is 14.1. The van der Waals surface area contributed by atoms with E-state index in [1.54, 1.807) is 11.8 Å². The smallest absolute Gasteiger partial charge is 0.104 e. The second-order valence-corrected chi connectivity index (χ2v) is 5.53. The van der Waals surface area contributed by atoms with Crippen molar-refractivity contribution >= 4 is 11.8 Å². The molecule has 1 heterocycles. The highest BCUT2D eigenvalue weighted by Crippen LogP contribution is 2.21. The van der Waals surface area contributed by atoms with Gasteiger partial charge >= 0.3 is 0 Å². The molecule has 0 spiro atoms. The number of hydrogen-bond donors (Lipinski definition) is 1. The Morgan fingerprint density at radius 1 is 1.47 bits per heavy atom. The van der Waals surface area contributed by atoms with Crippen LogP contribution < -0.4 is 5.32 Å². The van der Waals surface area contributed by atoms with Gasteiger partial charge in [0.1, 0.15) is 5.54 Å². The minimum atomic E-state index is -0.439. The highest BCUT2D eigenvalue weighted by atomic mass is 32.2. The molecule has 0 aliphatic carbocycles. The van der Waals surface area contributed by atoms with Crippen LogP contribution in [0.15, 0.2) is 17.2 Å². The summed E-state index contributed by atoms with van der Waals surface area (Å²) in [5.41, 5.74) is 1.84. The van der Waals surface area contributed by atoms with Crippen molar-refractivity contribution in [1.82, 2.24) is 10.3 Å². The van der Waals surface area contributed by atoms with Crippen molar-refractivity contribution in [1.29, 1.82) is 5.26 Å². The fraction of sp³-hybridized carbons (Fsp3) is 0.538. The summed E-state index contributed by atoms with van der Waals surface area (Å²) in [5.74, 6) is 0.890. The first-order valence-electron chi connectivity index (χ1n) is 5.67. The first kappa shape index (κ1) is 14.0. The van der Waals surface area contributed by atoms with E-state index in [1.807, 2.05) is 20.9 Å². The topological polar surface area (TPSA) is 48.7 Å². The number of rotatable bonds is 5. The van der Waals surface area contributed by atoms with E-state index in [1.165, 1.54) is 5.56 Å². The van der Waals surface area contributed by atoms with Gasteiger partial charge in [-0.25, -0.2) is 4.98 Å². The van der Waals surface area contributed by atoms with Crippen LogP contribution in [0.5, 0.6) is 0 Å². The van der Waals surface area contributed by atoms with Crippen molar-refractivity contribution in [3.63, 3.8) is 0 Å². The Morgan fingerprint density at radius 3 is 2.71 bits per heavy atom. The number of pyridine rings is 1. The number of thioether (sulfide) groups is 1. The van der Waals surface area contributed by atoms with Gasteiger partial charge < -0.3 is 5.32 Å². The van der Waals surface area contributed by atoms with E-state index >= 15 is 0 Å². The molecular weight excluding hydrogens is 230 g/mol. The van der Waals surface area contributed by atoms with Crippen molar-refractivity contribution in [2.24, 2.45) is 0 Å². The molecule has 0 saturated heterocycles. The van der Waals surface area contributed by atoms with Crippen molar-refractivity contribution in [2.75, 3.05) is 12.8 Å². The van der Waals surface area contributed by atoms with Gasteiger partial charge in [0.2, 0.25) is 0 Å². The van der Waals surface area contributed by atoms with Crippen LogP contribution in [-0.2, 0) is 0 Å². The molecule has 0 amide bonds. The minimum absolute atomic E-state index is 0.439. The second-order valence-electron chi connectivity index (χ2n) is 4.42. The monoisotopic (exact) mass is 249 g/mol. The van der Waals surface area contributed by atoms with Gasteiger partial charge in [-0.3, -0.25) is 0 Å². The average Bonchev–Trinajstić information content (AvgIpc) is 2.27. The second kappa shape index (κ2) is 6.04. The summed E-state index contributed by atoms with van der Waals surface area (Å²) < 4.78 is 0. The molecule has 4 heteroatoms. The van der Waals surface area contributed by atoms with E-state index in [2.05, 4.69) is 35.4 Å². The number of aromatic nitrogens is 1. The largest absolute Gasteiger partial charge is 0.303 e. The lowest BCUT2D eigenvalue weighted by atomic mass is 10.0. The SMILES string of the molecule is CNC(C)(C#N)CCSc1cc(C)cc(C)n1. The maximum absolute atomic E-state index is 9.03. The quantitative estimate of drug-likeness (QED) is 0.815. The van der Waals surface area contributed by atoms with Gasteiger partial charge in [0.25, 0.3) is 0 Å². The van der Waals surface area contributed by atoms with Gasteiger partial charge in [-0.05, 0) is 51.9 Å². The maximum Gasteiger partial charge on any atom is 0.104 e. The Morgan fingerprint density at radius 2 is 2.18 bits per heavy atom. The predicted molar refractivity (Wildman–Crippen MR) is 72.1 cm³/mol. The van der Waals surface area contributed by atoms with Crippen LogP contribution in [0, 0.1) is 25.2 Å². The van der Waals surface area contributed by atoms with Gasteiger partial charge in [0.15, 0.2) is 0 Å². The molecule has 1 aromatic rings. The number of aryl methyl sites for hydroxylation is 2. The molecule has 0 saturated carbocycles. The standard InChI is InChI=1S/C13H19N3S/c1-10-7-11(2)16-12(8-10)17-6-5-13(3,9-14)15-4/h7-8,15H,5-6H2,1-4H3. The summed E-state index contributed by atoms with van der Waals surface area (Å²) in [4.78, 5) is 4.46. The zero-order valence-corrected chi connectivity index (χ0v) is 11.7. The summed E-state index contributed by atoms with van der Waals surface area (Å²) >= 11 is 1.70. The molecule has 0 radical (unpaired) electrons. The summed E-state index contributed by atoms with van der Waals surface area (Å²) in [6, 6.07) is 6.44. The predicted octanol–water partition coefficient (Wildman–Crippen LogP) is 2.68. The van der Waals surface area contributed by atoms with E-state index < -0.39 is 5.54 Å². The number of nitrogens with zero attached hydrogens (tertiary/aromatic N) is 2. The third-order valence-corrected chi connectivity index (χ3v) is 3.64. The van der Waals surface area contributed by atoms with Crippen LogP contribution in [0.25, 0.3) is 0 Å². The van der Waals surface area contributed by atoms with Gasteiger partial charge in [-0.1, -0.05) is 0 Å². The molecule has 17 heavy (non-hydrogen) atoms. The summed E-state index contributed by atoms with van der Waals surface area (Å²) in [6.45, 7) is 6.00. The van der Waals surface area contributed by atoms with E-state index in [4.69, 9.17) is 5.26 Å². The van der Waals surface area contributed by atoms with Crippen LogP contribution in [0.2, 0.25) is 0 Å². The third kappa shape index (κ3) is 4.37. The molecule has 0 bridgehead atoms. The van der Waals surface area contributed by atoms with Gasteiger partial charge in [0.05, 0.1) is 11.1 Å². The lowest BCUT2D eigenvalue weighted by Crippen LogP contribution is -2.38. The van der Waals surface area contributed by atoms with Crippen LogP contribution in [-0.4, -0.2) is 23.3 Å². The van der Waals surface area contributed by atoms with Crippen LogP contribution >= 0.6 is 11.8 Å². The highest BCUT2D eigenvalue weighted by Gasteiger charge is 2.20. The molecule has 1 rings (SSSR count). The van der Waals surface area contributed by atoms with Gasteiger partial charge in [-0.15, -0.1) is 11.8 Å². The molecule has 1 aromatic heterocycles. The molecular formula is C13H19N3S. The molecule has 1 unspecified atom stereocenters. The molecule has 1 atom stereocenters. The Labute approximate surface area is 108 Å². The van der Waals surface area contributed by atoms with Crippen LogP contribution in [0.3, 0.4) is 0 Å². The van der Waals surface area contributed by atoms with Crippen molar-refractivity contribution in [3.8, 4) is 6.07 Å². The van der Waals surface area contributed by atoms with E-state index in [9.17, 15) is 0 Å². The summed E-state index contributed by atoms with van der Waals surface area (Å²) in [6.07, 6.45) is 0.805. The Hall–Kier alpha value is -1.05. The van der Waals surface area contributed by atoms with Crippen molar-refractivity contribution in [3.05, 3.63) is 23.4 Å². The molecule has 0 aromatic carbocycles. The maximum atomic E-state index is 9.03. The zero-order chi connectivity index (χ0) is 12.9. The Bertz CT molecular complexity index is 405. The third-order valence-electron chi connectivity index (χ3n) is 2.72. The molecule has 0 fully saturated rings. The van der Waals surface area contributed by atoms with E-state index in [-0.39, 0.29) is 0 Å². The lowest BCUT2D eigenvalue weighted by molar-refractivity contribution is 0.479. The fourth-order valence-electron chi connectivity index (χ4n) is 1.47. The fourth-order valence-corrected chi connectivity index (χ4v) is 2.67. The molecule has 92 valence electrons. The highest BCUT2D eigenvalue weighted by molar-refractivity contribution is 7.99. The number of nitriles is 1. The number of hydrogen-bond acceptors (Lipinski definition) is 4. The molecule has 1 N–H and O–H groups in total. The van der Waals surface area contributed by atoms with Crippen molar-refractivity contribution in [2.45, 2.75) is 37.8 Å². The zero-order valence-electron chi connectivity index (χ0n) is 10.9. The van der Waals surface area contributed by atoms with Crippen LogP contribution in [0.1, 0.15) is 24.6 Å². The minimum Gasteiger partial charge on any atom is -0.303 e. The summed E-state index contributed by atoms with van der Waals surface area (Å²) in [5, 5.41) is 13.1. The molecule has 3 nitrogen and oxygen atoms in total. The van der Waals surface area contributed by atoms with E-state index in [0.717, 1.165) is 22.9 Å². The lowest BCUT2D eigenvalue weighted by Gasteiger charge is -2.19.